The van der Waals surface area contributed by atoms with Crippen LogP contribution in [0.3, 0.4) is 0 Å². The first kappa shape index (κ1) is 22.3. The van der Waals surface area contributed by atoms with Crippen LogP contribution in [0.25, 0.3) is 0 Å². The van der Waals surface area contributed by atoms with E-state index in [1.807, 2.05) is 32.9 Å². The third-order valence-electron chi connectivity index (χ3n) is 4.73. The molecule has 1 aliphatic rings. The highest BCUT2D eigenvalue weighted by molar-refractivity contribution is 7.85. The Morgan fingerprint density at radius 1 is 1.32 bits per heavy atom. The van der Waals surface area contributed by atoms with Crippen LogP contribution in [0.2, 0.25) is 0 Å². The Labute approximate surface area is 170 Å². The zero-order valence-corrected chi connectivity index (χ0v) is 18.0. The second-order valence-electron chi connectivity index (χ2n) is 7.02. The molecule has 0 saturated heterocycles. The number of aromatic nitrogens is 1. The van der Waals surface area contributed by atoms with Crippen molar-refractivity contribution in [2.45, 2.75) is 64.2 Å². The molecule has 1 amide bonds. The molecule has 0 spiro atoms. The third-order valence-corrected chi connectivity index (χ3v) is 6.47. The molecule has 3 unspecified atom stereocenters. The van der Waals surface area contributed by atoms with Gasteiger partial charge >= 0.3 is 0 Å². The van der Waals surface area contributed by atoms with Gasteiger partial charge in [0.2, 0.25) is 5.91 Å². The lowest BCUT2D eigenvalue weighted by atomic mass is 9.95. The highest BCUT2D eigenvalue weighted by Crippen LogP contribution is 2.23. The summed E-state index contributed by atoms with van der Waals surface area (Å²) >= 11 is 0. The summed E-state index contributed by atoms with van der Waals surface area (Å²) in [6.45, 7) is 7.03. The molecular weight excluding hydrogens is 374 g/mol. The number of aliphatic imine (C=N–C) groups is 1. The first-order valence-corrected chi connectivity index (χ1v) is 11.6. The van der Waals surface area contributed by atoms with Gasteiger partial charge in [-0.2, -0.15) is 0 Å². The maximum atomic E-state index is 12.1. The fraction of sp³-hybridized carbons (Fsp3) is 0.650. The van der Waals surface area contributed by atoms with Crippen LogP contribution < -0.4 is 16.0 Å². The summed E-state index contributed by atoms with van der Waals surface area (Å²) in [4.78, 5) is 20.9. The second kappa shape index (κ2) is 11.8. The number of hydrogen-bond donors (Lipinski definition) is 3. The van der Waals surface area contributed by atoms with Crippen LogP contribution in [0.4, 0.5) is 5.82 Å². The molecular formula is C20H33N5O2S. The van der Waals surface area contributed by atoms with Gasteiger partial charge in [0, 0.05) is 46.5 Å². The number of anilines is 1. The van der Waals surface area contributed by atoms with Crippen molar-refractivity contribution < 1.29 is 9.00 Å². The van der Waals surface area contributed by atoms with E-state index in [1.54, 1.807) is 6.07 Å². The van der Waals surface area contributed by atoms with Crippen molar-refractivity contribution in [3.05, 3.63) is 23.9 Å². The fourth-order valence-electron chi connectivity index (χ4n) is 3.35. The standard InChI is InChI=1S/C20H33N5O2S/c1-4-21-20(24-16-9-7-10-17(14-16)28(27)5-2)22-13-12-19(26)25-18-11-6-8-15(3)23-18/h6,8,11,16-17H,4-5,7,9-10,12-14H2,1-3H3,(H2,21,22,24)(H,23,25,26). The molecule has 0 bridgehead atoms. The lowest BCUT2D eigenvalue weighted by Gasteiger charge is -2.30. The van der Waals surface area contributed by atoms with Crippen molar-refractivity contribution >= 4 is 28.5 Å². The number of nitrogens with zero attached hydrogens (tertiary/aromatic N) is 2. The maximum absolute atomic E-state index is 12.1. The van der Waals surface area contributed by atoms with Gasteiger partial charge in [-0.1, -0.05) is 19.4 Å². The van der Waals surface area contributed by atoms with Crippen molar-refractivity contribution in [1.82, 2.24) is 15.6 Å². The minimum atomic E-state index is -0.745. The van der Waals surface area contributed by atoms with Crippen LogP contribution in [0.15, 0.2) is 23.2 Å². The number of nitrogens with one attached hydrogen (secondary N) is 3. The molecule has 1 aromatic rings. The third kappa shape index (κ3) is 7.58. The summed E-state index contributed by atoms with van der Waals surface area (Å²) in [6, 6.07) is 5.81. The van der Waals surface area contributed by atoms with Crippen molar-refractivity contribution in [2.75, 3.05) is 24.2 Å². The van der Waals surface area contributed by atoms with Gasteiger partial charge in [0.15, 0.2) is 5.96 Å². The Balaban J connectivity index is 1.84. The molecule has 1 aliphatic carbocycles. The van der Waals surface area contributed by atoms with Gasteiger partial charge in [-0.3, -0.25) is 14.0 Å². The Bertz CT molecular complexity index is 695. The van der Waals surface area contributed by atoms with E-state index in [0.29, 0.717) is 18.8 Å². The van der Waals surface area contributed by atoms with Crippen LogP contribution in [0, 0.1) is 6.92 Å². The predicted octanol–water partition coefficient (Wildman–Crippen LogP) is 2.35. The van der Waals surface area contributed by atoms with E-state index >= 15 is 0 Å². The number of rotatable bonds is 8. The summed E-state index contributed by atoms with van der Waals surface area (Å²) in [6.07, 6.45) is 4.38. The van der Waals surface area contributed by atoms with E-state index in [9.17, 15) is 9.00 Å². The zero-order valence-electron chi connectivity index (χ0n) is 17.2. The van der Waals surface area contributed by atoms with E-state index in [4.69, 9.17) is 0 Å². The molecule has 156 valence electrons. The number of guanidine groups is 1. The highest BCUT2D eigenvalue weighted by atomic mass is 32.2. The summed E-state index contributed by atoms with van der Waals surface area (Å²) < 4.78 is 12.1. The molecule has 3 N–H and O–H groups in total. The van der Waals surface area contributed by atoms with E-state index in [1.165, 1.54) is 0 Å². The summed E-state index contributed by atoms with van der Waals surface area (Å²) in [5, 5.41) is 9.77. The number of pyridine rings is 1. The zero-order chi connectivity index (χ0) is 20.4. The normalized spacial score (nSPS) is 21.0. The van der Waals surface area contributed by atoms with Crippen molar-refractivity contribution in [2.24, 2.45) is 4.99 Å². The Kier molecular flexibility index (Phi) is 9.40. The molecule has 0 radical (unpaired) electrons. The molecule has 1 aromatic heterocycles. The molecule has 3 atom stereocenters. The van der Waals surface area contributed by atoms with Gasteiger partial charge in [0.05, 0.1) is 6.54 Å². The van der Waals surface area contributed by atoms with Gasteiger partial charge in [0.25, 0.3) is 0 Å². The minimum Gasteiger partial charge on any atom is -0.357 e. The monoisotopic (exact) mass is 407 g/mol. The van der Waals surface area contributed by atoms with Gasteiger partial charge in [-0.05, 0) is 45.2 Å². The van der Waals surface area contributed by atoms with E-state index in [2.05, 4.69) is 25.9 Å². The summed E-state index contributed by atoms with van der Waals surface area (Å²) in [5.41, 5.74) is 0.865. The summed E-state index contributed by atoms with van der Waals surface area (Å²) in [7, 11) is -0.745. The maximum Gasteiger partial charge on any atom is 0.227 e. The van der Waals surface area contributed by atoms with E-state index < -0.39 is 10.8 Å². The van der Waals surface area contributed by atoms with Crippen molar-refractivity contribution in [3.63, 3.8) is 0 Å². The molecule has 1 fully saturated rings. The average Bonchev–Trinajstić information content (AvgIpc) is 2.67. The number of aryl methyl sites for hydroxylation is 1. The molecule has 1 heterocycles. The first-order valence-electron chi connectivity index (χ1n) is 10.2. The van der Waals surface area contributed by atoms with Gasteiger partial charge < -0.3 is 16.0 Å². The predicted molar refractivity (Wildman–Crippen MR) is 116 cm³/mol. The molecule has 0 aromatic carbocycles. The smallest absolute Gasteiger partial charge is 0.227 e. The van der Waals surface area contributed by atoms with E-state index in [-0.39, 0.29) is 17.2 Å². The molecule has 28 heavy (non-hydrogen) atoms. The lowest BCUT2D eigenvalue weighted by molar-refractivity contribution is -0.116. The minimum absolute atomic E-state index is 0.103. The number of hydrogen-bond acceptors (Lipinski definition) is 4. The molecule has 2 rings (SSSR count). The molecule has 1 saturated carbocycles. The quantitative estimate of drug-likeness (QED) is 0.454. The number of amides is 1. The first-order chi connectivity index (χ1) is 13.5. The average molecular weight is 408 g/mol. The highest BCUT2D eigenvalue weighted by Gasteiger charge is 2.26. The van der Waals surface area contributed by atoms with Gasteiger partial charge in [0.1, 0.15) is 5.82 Å². The van der Waals surface area contributed by atoms with Crippen LogP contribution >= 0.6 is 0 Å². The molecule has 8 heteroatoms. The van der Waals surface area contributed by atoms with Gasteiger partial charge in [-0.15, -0.1) is 0 Å². The SMILES string of the molecule is CCNC(=NCCC(=O)Nc1cccc(C)n1)NC1CCCC(S(=O)CC)C1. The van der Waals surface area contributed by atoms with Crippen molar-refractivity contribution in [1.29, 1.82) is 0 Å². The fourth-order valence-corrected chi connectivity index (χ4v) is 4.70. The Morgan fingerprint density at radius 2 is 2.14 bits per heavy atom. The van der Waals surface area contributed by atoms with Crippen LogP contribution in [-0.4, -0.2) is 51.2 Å². The lowest BCUT2D eigenvalue weighted by Crippen LogP contribution is -2.46. The van der Waals surface area contributed by atoms with Crippen LogP contribution in [0.5, 0.6) is 0 Å². The second-order valence-corrected chi connectivity index (χ2v) is 9.03. The van der Waals surface area contributed by atoms with E-state index in [0.717, 1.165) is 49.6 Å². The van der Waals surface area contributed by atoms with Crippen molar-refractivity contribution in [3.8, 4) is 0 Å². The number of carbonyl (C=O) groups is 1. The van der Waals surface area contributed by atoms with Crippen LogP contribution in [0.1, 0.15) is 51.6 Å². The topological polar surface area (TPSA) is 95.5 Å². The molecule has 0 aliphatic heterocycles. The Morgan fingerprint density at radius 3 is 2.86 bits per heavy atom. The molecule has 7 nitrogen and oxygen atoms in total. The number of carbonyl (C=O) groups excluding carboxylic acids is 1. The van der Waals surface area contributed by atoms with Crippen LogP contribution in [-0.2, 0) is 15.6 Å². The Hall–Kier alpha value is -1.96. The van der Waals surface area contributed by atoms with Gasteiger partial charge in [-0.25, -0.2) is 4.98 Å². The largest absolute Gasteiger partial charge is 0.357 e. The summed E-state index contributed by atoms with van der Waals surface area (Å²) in [5.74, 6) is 1.90.